The number of fused-ring (bicyclic) bond motifs is 1. The van der Waals surface area contributed by atoms with Gasteiger partial charge >= 0.3 is 6.03 Å². The highest BCUT2D eigenvalue weighted by Gasteiger charge is 2.28. The van der Waals surface area contributed by atoms with E-state index < -0.39 is 17.8 Å². The normalized spacial score (nSPS) is 16.1. The number of nitrogens with zero attached hydrogens (tertiary/aromatic N) is 1. The van der Waals surface area contributed by atoms with Crippen LogP contribution in [0.2, 0.25) is 5.02 Å². The van der Waals surface area contributed by atoms with Crippen molar-refractivity contribution in [3.63, 3.8) is 0 Å². The standard InChI is InChI=1S/C20H16ClN3O3/c21-16-4-2-1-3-14(16)11-24-8-7-13-9-12(5-6-17(13)24)10-15-18(25)22-20(27)23-19(15)26/h1-6,9-10H,7-8,11H2,(H2,22,23,25,26,27). The number of carbonyl (C=O) groups excluding carboxylic acids is 3. The molecule has 4 rings (SSSR count). The lowest BCUT2D eigenvalue weighted by molar-refractivity contribution is -0.123. The van der Waals surface area contributed by atoms with Gasteiger partial charge in [0.2, 0.25) is 0 Å². The van der Waals surface area contributed by atoms with Gasteiger partial charge in [0.1, 0.15) is 5.57 Å². The fourth-order valence-corrected chi connectivity index (χ4v) is 3.54. The van der Waals surface area contributed by atoms with Gasteiger partial charge < -0.3 is 4.90 Å². The number of nitrogens with one attached hydrogen (secondary N) is 2. The van der Waals surface area contributed by atoms with Gasteiger partial charge in [0.15, 0.2) is 0 Å². The minimum absolute atomic E-state index is 0.0829. The monoisotopic (exact) mass is 381 g/mol. The van der Waals surface area contributed by atoms with Crippen molar-refractivity contribution >= 4 is 41.2 Å². The van der Waals surface area contributed by atoms with Gasteiger partial charge in [-0.1, -0.05) is 35.9 Å². The van der Waals surface area contributed by atoms with Gasteiger partial charge in [0, 0.05) is 23.8 Å². The molecule has 7 heteroatoms. The van der Waals surface area contributed by atoms with Crippen LogP contribution in [0.1, 0.15) is 16.7 Å². The molecule has 0 aliphatic carbocycles. The molecule has 0 spiro atoms. The second-order valence-electron chi connectivity index (χ2n) is 6.45. The average molecular weight is 382 g/mol. The number of hydrogen-bond donors (Lipinski definition) is 2. The van der Waals surface area contributed by atoms with E-state index in [9.17, 15) is 14.4 Å². The molecule has 2 aliphatic rings. The maximum Gasteiger partial charge on any atom is 0.328 e. The van der Waals surface area contributed by atoms with E-state index in [2.05, 4.69) is 15.5 Å². The zero-order valence-corrected chi connectivity index (χ0v) is 15.0. The Hall–Kier alpha value is -3.12. The van der Waals surface area contributed by atoms with E-state index in [-0.39, 0.29) is 5.57 Å². The molecule has 2 heterocycles. The third-order valence-electron chi connectivity index (χ3n) is 4.67. The molecule has 0 saturated carbocycles. The van der Waals surface area contributed by atoms with E-state index in [0.29, 0.717) is 0 Å². The first kappa shape index (κ1) is 17.3. The summed E-state index contributed by atoms with van der Waals surface area (Å²) in [4.78, 5) is 37.1. The van der Waals surface area contributed by atoms with Crippen LogP contribution in [0.3, 0.4) is 0 Å². The second-order valence-corrected chi connectivity index (χ2v) is 6.85. The van der Waals surface area contributed by atoms with Crippen LogP contribution in [0, 0.1) is 0 Å². The first-order valence-electron chi connectivity index (χ1n) is 8.51. The zero-order valence-electron chi connectivity index (χ0n) is 14.3. The molecule has 2 aromatic rings. The maximum absolute atomic E-state index is 11.9. The first-order chi connectivity index (χ1) is 13.0. The molecule has 6 nitrogen and oxygen atoms in total. The number of imide groups is 2. The number of barbiturate groups is 1. The van der Waals surface area contributed by atoms with Gasteiger partial charge in [-0.2, -0.15) is 0 Å². The highest BCUT2D eigenvalue weighted by Crippen LogP contribution is 2.32. The lowest BCUT2D eigenvalue weighted by atomic mass is 10.0. The highest BCUT2D eigenvalue weighted by molar-refractivity contribution is 6.31. The summed E-state index contributed by atoms with van der Waals surface area (Å²) in [5, 5.41) is 4.89. The Balaban J connectivity index is 1.58. The lowest BCUT2D eigenvalue weighted by Crippen LogP contribution is -2.51. The van der Waals surface area contributed by atoms with Crippen LogP contribution in [0.25, 0.3) is 6.08 Å². The van der Waals surface area contributed by atoms with Crippen molar-refractivity contribution in [1.29, 1.82) is 0 Å². The van der Waals surface area contributed by atoms with Gasteiger partial charge in [-0.25, -0.2) is 4.79 Å². The van der Waals surface area contributed by atoms with Crippen molar-refractivity contribution in [3.05, 3.63) is 69.8 Å². The molecule has 136 valence electrons. The Bertz CT molecular complexity index is 978. The molecule has 0 unspecified atom stereocenters. The SMILES string of the molecule is O=C1NC(=O)C(=Cc2ccc3c(c2)CCN3Cc2ccccc2Cl)C(=O)N1. The zero-order chi connectivity index (χ0) is 19.0. The molecule has 0 atom stereocenters. The van der Waals surface area contributed by atoms with Gasteiger partial charge in [0.25, 0.3) is 11.8 Å². The van der Waals surface area contributed by atoms with Crippen molar-refractivity contribution < 1.29 is 14.4 Å². The molecule has 0 aromatic heterocycles. The van der Waals surface area contributed by atoms with Crippen LogP contribution < -0.4 is 15.5 Å². The Morgan fingerprint density at radius 3 is 2.52 bits per heavy atom. The van der Waals surface area contributed by atoms with Gasteiger partial charge in [-0.15, -0.1) is 0 Å². The molecule has 1 saturated heterocycles. The maximum atomic E-state index is 11.9. The fraction of sp³-hybridized carbons (Fsp3) is 0.150. The number of carbonyl (C=O) groups is 3. The van der Waals surface area contributed by atoms with Crippen LogP contribution >= 0.6 is 11.6 Å². The van der Waals surface area contributed by atoms with Crippen LogP contribution in [0.4, 0.5) is 10.5 Å². The van der Waals surface area contributed by atoms with E-state index in [1.54, 1.807) is 0 Å². The fourth-order valence-electron chi connectivity index (χ4n) is 3.35. The first-order valence-corrected chi connectivity index (χ1v) is 8.89. The van der Waals surface area contributed by atoms with Crippen molar-refractivity contribution in [2.75, 3.05) is 11.4 Å². The smallest absolute Gasteiger partial charge is 0.328 e. The number of benzene rings is 2. The third kappa shape index (κ3) is 3.44. The Morgan fingerprint density at radius 2 is 1.78 bits per heavy atom. The Kier molecular flexibility index (Phi) is 4.41. The van der Waals surface area contributed by atoms with E-state index >= 15 is 0 Å². The summed E-state index contributed by atoms with van der Waals surface area (Å²) in [7, 11) is 0. The van der Waals surface area contributed by atoms with Gasteiger partial charge in [-0.3, -0.25) is 20.2 Å². The van der Waals surface area contributed by atoms with E-state index in [4.69, 9.17) is 11.6 Å². The average Bonchev–Trinajstić information content (AvgIpc) is 3.02. The number of amides is 4. The quantitative estimate of drug-likeness (QED) is 0.633. The molecule has 2 aromatic carbocycles. The molecule has 0 radical (unpaired) electrons. The molecule has 4 amide bonds. The van der Waals surface area contributed by atoms with Crippen molar-refractivity contribution in [3.8, 4) is 0 Å². The molecule has 0 bridgehead atoms. The van der Waals surface area contributed by atoms with E-state index in [1.807, 2.05) is 42.5 Å². The second kappa shape index (κ2) is 6.89. The van der Waals surface area contributed by atoms with Crippen LogP contribution in [-0.2, 0) is 22.6 Å². The summed E-state index contributed by atoms with van der Waals surface area (Å²) in [6, 6.07) is 12.8. The summed E-state index contributed by atoms with van der Waals surface area (Å²) in [6.07, 6.45) is 2.36. The third-order valence-corrected chi connectivity index (χ3v) is 5.04. The summed E-state index contributed by atoms with van der Waals surface area (Å²) in [5.41, 5.74) is 3.98. The van der Waals surface area contributed by atoms with Crippen molar-refractivity contribution in [2.45, 2.75) is 13.0 Å². The summed E-state index contributed by atoms with van der Waals surface area (Å²) < 4.78 is 0. The summed E-state index contributed by atoms with van der Waals surface area (Å²) in [5.74, 6) is -1.38. The van der Waals surface area contributed by atoms with Gasteiger partial charge in [-0.05, 0) is 47.4 Å². The number of urea groups is 1. The number of hydrogen-bond acceptors (Lipinski definition) is 4. The minimum Gasteiger partial charge on any atom is -0.367 e. The van der Waals surface area contributed by atoms with Crippen LogP contribution in [-0.4, -0.2) is 24.4 Å². The highest BCUT2D eigenvalue weighted by atomic mass is 35.5. The topological polar surface area (TPSA) is 78.5 Å². The van der Waals surface area contributed by atoms with E-state index in [1.165, 1.54) is 6.08 Å². The van der Waals surface area contributed by atoms with Crippen molar-refractivity contribution in [2.24, 2.45) is 0 Å². The molecule has 2 N–H and O–H groups in total. The Morgan fingerprint density at radius 1 is 1.04 bits per heavy atom. The van der Waals surface area contributed by atoms with Crippen LogP contribution in [0.15, 0.2) is 48.0 Å². The molecular weight excluding hydrogens is 366 g/mol. The Labute approximate surface area is 160 Å². The largest absolute Gasteiger partial charge is 0.367 e. The van der Waals surface area contributed by atoms with Gasteiger partial charge in [0.05, 0.1) is 0 Å². The summed E-state index contributed by atoms with van der Waals surface area (Å²) >= 11 is 6.27. The lowest BCUT2D eigenvalue weighted by Gasteiger charge is -2.20. The van der Waals surface area contributed by atoms with E-state index in [0.717, 1.165) is 46.9 Å². The van der Waals surface area contributed by atoms with Crippen LogP contribution in [0.5, 0.6) is 0 Å². The number of rotatable bonds is 3. The molecule has 1 fully saturated rings. The van der Waals surface area contributed by atoms with Crippen molar-refractivity contribution in [1.82, 2.24) is 10.6 Å². The molecule has 2 aliphatic heterocycles. The predicted molar refractivity (Wildman–Crippen MR) is 102 cm³/mol. The predicted octanol–water partition coefficient (Wildman–Crippen LogP) is 2.65. The molecule has 27 heavy (non-hydrogen) atoms. The number of halogens is 1. The molecular formula is C20H16ClN3O3. The minimum atomic E-state index is -0.800. The summed E-state index contributed by atoms with van der Waals surface area (Å²) in [6.45, 7) is 1.59. The number of anilines is 1.